The first-order valence-corrected chi connectivity index (χ1v) is 11.6. The first-order chi connectivity index (χ1) is 15.0. The summed E-state index contributed by atoms with van der Waals surface area (Å²) < 4.78 is 32.8. The maximum atomic E-state index is 13.2. The highest BCUT2D eigenvalue weighted by Gasteiger charge is 2.35. The summed E-state index contributed by atoms with van der Waals surface area (Å²) in [6.45, 7) is 0.203. The molecule has 1 aliphatic rings. The number of methoxy groups -OCH3 is 1. The Morgan fingerprint density at radius 3 is 2.52 bits per heavy atom. The van der Waals surface area contributed by atoms with Gasteiger partial charge in [0.2, 0.25) is 5.91 Å². The van der Waals surface area contributed by atoms with Crippen LogP contribution in [0.2, 0.25) is 0 Å². The zero-order valence-corrected chi connectivity index (χ0v) is 18.1. The molecule has 0 aromatic heterocycles. The molecule has 1 amide bonds. The predicted molar refractivity (Wildman–Crippen MR) is 121 cm³/mol. The van der Waals surface area contributed by atoms with Crippen LogP contribution in [-0.2, 0) is 21.2 Å². The molecule has 0 atom stereocenters. The van der Waals surface area contributed by atoms with Gasteiger partial charge >= 0.3 is 0 Å². The lowest BCUT2D eigenvalue weighted by atomic mass is 10.0. The van der Waals surface area contributed by atoms with Gasteiger partial charge in [-0.2, -0.15) is 0 Å². The van der Waals surface area contributed by atoms with E-state index in [-0.39, 0.29) is 17.3 Å². The summed E-state index contributed by atoms with van der Waals surface area (Å²) in [7, 11) is -2.18. The number of anilines is 1. The standard InChI is InChI=1S/C24H24N2O4S/c1-30-19-10-6-8-18(16-19)9-7-15-25-24(27)17-26-22-13-4-2-11-20(22)21-12-3-5-14-23(21)31(26,28)29/h2-6,8,10-14,16H,7,9,15,17H2,1H3,(H,25,27). The first-order valence-electron chi connectivity index (χ1n) is 10.1. The normalized spacial score (nSPS) is 13.8. The summed E-state index contributed by atoms with van der Waals surface area (Å²) in [6.07, 6.45) is 1.53. The number of carbonyl (C=O) groups excluding carboxylic acids is 1. The van der Waals surface area contributed by atoms with Gasteiger partial charge in [-0.15, -0.1) is 0 Å². The average Bonchev–Trinajstić information content (AvgIpc) is 2.80. The molecule has 1 heterocycles. The van der Waals surface area contributed by atoms with Crippen LogP contribution in [0.25, 0.3) is 11.1 Å². The van der Waals surface area contributed by atoms with Crippen molar-refractivity contribution in [1.29, 1.82) is 0 Å². The second-order valence-corrected chi connectivity index (χ2v) is 9.16. The molecule has 3 aromatic carbocycles. The number of amides is 1. The van der Waals surface area contributed by atoms with Crippen molar-refractivity contribution >= 4 is 21.6 Å². The molecule has 6 nitrogen and oxygen atoms in total. The van der Waals surface area contributed by atoms with E-state index in [4.69, 9.17) is 4.74 Å². The quantitative estimate of drug-likeness (QED) is 0.574. The molecule has 0 saturated heterocycles. The van der Waals surface area contributed by atoms with E-state index < -0.39 is 10.0 Å². The smallest absolute Gasteiger partial charge is 0.265 e. The van der Waals surface area contributed by atoms with Crippen LogP contribution in [-0.4, -0.2) is 34.5 Å². The van der Waals surface area contributed by atoms with Crippen LogP contribution in [0.1, 0.15) is 12.0 Å². The molecule has 160 valence electrons. The molecule has 0 bridgehead atoms. The Morgan fingerprint density at radius 1 is 0.968 bits per heavy atom. The van der Waals surface area contributed by atoms with E-state index in [0.717, 1.165) is 29.7 Å². The number of ether oxygens (including phenoxy) is 1. The highest BCUT2D eigenvalue weighted by molar-refractivity contribution is 7.93. The average molecular weight is 437 g/mol. The summed E-state index contributed by atoms with van der Waals surface area (Å²) in [6, 6.07) is 21.9. The van der Waals surface area contributed by atoms with Gasteiger partial charge in [0.25, 0.3) is 10.0 Å². The second kappa shape index (κ2) is 8.81. The van der Waals surface area contributed by atoms with Crippen LogP contribution in [0.3, 0.4) is 0 Å². The van der Waals surface area contributed by atoms with Crippen LogP contribution in [0.15, 0.2) is 77.7 Å². The number of fused-ring (bicyclic) bond motifs is 3. The molecular weight excluding hydrogens is 412 g/mol. The molecule has 0 unspecified atom stereocenters. The lowest BCUT2D eigenvalue weighted by Crippen LogP contribution is -2.42. The van der Waals surface area contributed by atoms with Gasteiger partial charge in [-0.3, -0.25) is 9.10 Å². The molecule has 0 aliphatic carbocycles. The number of hydrogen-bond donors (Lipinski definition) is 1. The summed E-state index contributed by atoms with van der Waals surface area (Å²) in [5.74, 6) is 0.471. The van der Waals surface area contributed by atoms with Gasteiger partial charge in [-0.05, 0) is 42.7 Å². The number of hydrogen-bond acceptors (Lipinski definition) is 4. The van der Waals surface area contributed by atoms with Crippen molar-refractivity contribution < 1.29 is 17.9 Å². The molecule has 7 heteroatoms. The fourth-order valence-corrected chi connectivity index (χ4v) is 5.44. The molecule has 1 N–H and O–H groups in total. The van der Waals surface area contributed by atoms with Gasteiger partial charge in [0, 0.05) is 17.7 Å². The van der Waals surface area contributed by atoms with Crippen molar-refractivity contribution in [3.8, 4) is 16.9 Å². The maximum absolute atomic E-state index is 13.2. The van der Waals surface area contributed by atoms with Crippen LogP contribution in [0.5, 0.6) is 5.75 Å². The number of rotatable bonds is 7. The minimum atomic E-state index is -3.81. The topological polar surface area (TPSA) is 75.7 Å². The third-order valence-electron chi connectivity index (χ3n) is 5.30. The van der Waals surface area contributed by atoms with Gasteiger partial charge in [0.05, 0.1) is 17.7 Å². The molecule has 0 saturated carbocycles. The highest BCUT2D eigenvalue weighted by Crippen LogP contribution is 2.42. The zero-order valence-electron chi connectivity index (χ0n) is 17.2. The summed E-state index contributed by atoms with van der Waals surface area (Å²) in [5.41, 5.74) is 3.11. The largest absolute Gasteiger partial charge is 0.497 e. The van der Waals surface area contributed by atoms with Gasteiger partial charge < -0.3 is 10.1 Å². The van der Waals surface area contributed by atoms with Crippen molar-refractivity contribution in [3.05, 3.63) is 78.4 Å². The number of carbonyl (C=O) groups is 1. The van der Waals surface area contributed by atoms with Crippen molar-refractivity contribution in [2.24, 2.45) is 0 Å². The van der Waals surface area contributed by atoms with Crippen molar-refractivity contribution in [2.75, 3.05) is 24.5 Å². The van der Waals surface area contributed by atoms with Crippen molar-refractivity contribution in [3.63, 3.8) is 0 Å². The number of sulfonamides is 1. The van der Waals surface area contributed by atoms with Crippen molar-refractivity contribution in [2.45, 2.75) is 17.7 Å². The van der Waals surface area contributed by atoms with Crippen LogP contribution in [0.4, 0.5) is 5.69 Å². The monoisotopic (exact) mass is 436 g/mol. The Labute approximate surface area is 182 Å². The summed E-state index contributed by atoms with van der Waals surface area (Å²) in [4.78, 5) is 12.8. The van der Waals surface area contributed by atoms with E-state index in [1.807, 2.05) is 42.5 Å². The van der Waals surface area contributed by atoms with Crippen molar-refractivity contribution in [1.82, 2.24) is 5.32 Å². The highest BCUT2D eigenvalue weighted by atomic mass is 32.2. The third kappa shape index (κ3) is 4.27. The minimum Gasteiger partial charge on any atom is -0.497 e. The SMILES string of the molecule is COc1cccc(CCCNC(=O)CN2c3ccccc3-c3ccccc3S2(=O)=O)c1. The van der Waals surface area contributed by atoms with E-state index in [1.165, 1.54) is 4.31 Å². The molecule has 1 aliphatic heterocycles. The third-order valence-corrected chi connectivity index (χ3v) is 7.12. The van der Waals surface area contributed by atoms with E-state index in [1.54, 1.807) is 37.4 Å². The van der Waals surface area contributed by atoms with Crippen LogP contribution >= 0.6 is 0 Å². The van der Waals surface area contributed by atoms with Crippen LogP contribution < -0.4 is 14.4 Å². The summed E-state index contributed by atoms with van der Waals surface area (Å²) >= 11 is 0. The first kappa shape index (κ1) is 20.9. The number of nitrogens with one attached hydrogen (secondary N) is 1. The Bertz CT molecular complexity index is 1210. The lowest BCUT2D eigenvalue weighted by Gasteiger charge is -2.31. The van der Waals surface area contributed by atoms with Crippen LogP contribution in [0, 0.1) is 0 Å². The molecule has 3 aromatic rings. The molecular formula is C24H24N2O4S. The fourth-order valence-electron chi connectivity index (χ4n) is 3.79. The molecule has 0 spiro atoms. The lowest BCUT2D eigenvalue weighted by molar-refractivity contribution is -0.119. The molecule has 0 radical (unpaired) electrons. The molecule has 31 heavy (non-hydrogen) atoms. The number of benzene rings is 3. The molecule has 4 rings (SSSR count). The number of aryl methyl sites for hydroxylation is 1. The van der Waals surface area contributed by atoms with Gasteiger partial charge in [0.1, 0.15) is 12.3 Å². The Kier molecular flexibility index (Phi) is 5.95. The Balaban J connectivity index is 1.43. The van der Waals surface area contributed by atoms with E-state index in [0.29, 0.717) is 17.8 Å². The van der Waals surface area contributed by atoms with Gasteiger partial charge in [-0.25, -0.2) is 8.42 Å². The van der Waals surface area contributed by atoms with Gasteiger partial charge in [-0.1, -0.05) is 48.5 Å². The second-order valence-electron chi connectivity index (χ2n) is 7.33. The number of nitrogens with zero attached hydrogens (tertiary/aromatic N) is 1. The van der Waals surface area contributed by atoms with E-state index in [9.17, 15) is 13.2 Å². The summed E-state index contributed by atoms with van der Waals surface area (Å²) in [5, 5.41) is 2.85. The fraction of sp³-hybridized carbons (Fsp3) is 0.208. The van der Waals surface area contributed by atoms with E-state index in [2.05, 4.69) is 5.32 Å². The van der Waals surface area contributed by atoms with Gasteiger partial charge in [0.15, 0.2) is 0 Å². The Hall–Kier alpha value is -3.32. The van der Waals surface area contributed by atoms with E-state index >= 15 is 0 Å². The minimum absolute atomic E-state index is 0.222. The zero-order chi connectivity index (χ0) is 21.8. The predicted octanol–water partition coefficient (Wildman–Crippen LogP) is 3.62. The number of para-hydroxylation sites is 1. The molecule has 0 fully saturated rings. The maximum Gasteiger partial charge on any atom is 0.265 e. The Morgan fingerprint density at radius 2 is 1.71 bits per heavy atom.